The monoisotopic (exact) mass is 256 g/mol. The van der Waals surface area contributed by atoms with Crippen molar-refractivity contribution >= 4 is 5.69 Å². The highest BCUT2D eigenvalue weighted by Gasteiger charge is 2.16. The normalized spacial score (nSPS) is 12.4. The molecule has 1 aromatic rings. The maximum Gasteiger partial charge on any atom is 0.305 e. The number of hydrogen-bond donors (Lipinski definition) is 2. The average Bonchev–Trinajstić information content (AvgIpc) is 2.31. The molecule has 0 heterocycles. The lowest BCUT2D eigenvalue weighted by Gasteiger charge is -2.11. The second kappa shape index (κ2) is 7.03. The predicted octanol–water partition coefficient (Wildman–Crippen LogP) is 1.84. The molecule has 0 spiro atoms. The third-order valence-corrected chi connectivity index (χ3v) is 2.69. The van der Waals surface area contributed by atoms with Crippen molar-refractivity contribution in [1.29, 1.82) is 0 Å². The first-order valence-corrected chi connectivity index (χ1v) is 5.79. The quantitative estimate of drug-likeness (QED) is 0.576. The lowest BCUT2D eigenvalue weighted by molar-refractivity contribution is -0.387. The Balaban J connectivity index is 2.57. The van der Waals surface area contributed by atoms with Crippen LogP contribution in [0.25, 0.3) is 0 Å². The van der Waals surface area contributed by atoms with Gasteiger partial charge in [0.15, 0.2) is 0 Å². The van der Waals surface area contributed by atoms with Gasteiger partial charge in [-0.25, -0.2) is 0 Å². The third kappa shape index (κ3) is 4.05. The van der Waals surface area contributed by atoms with Gasteiger partial charge in [0.05, 0.1) is 4.92 Å². The smallest absolute Gasteiger partial charge is 0.305 e. The van der Waals surface area contributed by atoms with E-state index in [1.165, 1.54) is 12.1 Å². The minimum Gasteiger partial charge on any atom is -0.396 e. The molecule has 2 N–H and O–H groups in total. The summed E-state index contributed by atoms with van der Waals surface area (Å²) in [4.78, 5) is 9.83. The molecule has 0 amide bonds. The number of aliphatic hydroxyl groups excluding tert-OH is 1. The van der Waals surface area contributed by atoms with E-state index in [1.54, 1.807) is 0 Å². The van der Waals surface area contributed by atoms with E-state index in [4.69, 9.17) is 5.11 Å². The number of nitrogens with zero attached hydrogens (tertiary/aromatic N) is 1. The molecule has 0 fully saturated rings. The van der Waals surface area contributed by atoms with Crippen molar-refractivity contribution < 1.29 is 14.4 Å². The molecule has 0 aliphatic heterocycles. The van der Waals surface area contributed by atoms with Crippen LogP contribution in [0.1, 0.15) is 18.9 Å². The van der Waals surface area contributed by atoms with Crippen molar-refractivity contribution in [2.45, 2.75) is 19.9 Å². The summed E-state index contributed by atoms with van der Waals surface area (Å²) in [7, 11) is 0. The summed E-state index contributed by atoms with van der Waals surface area (Å²) in [6, 6.07) is 4.13. The van der Waals surface area contributed by atoms with Crippen LogP contribution >= 0.6 is 0 Å². The molecule has 0 aromatic heterocycles. The van der Waals surface area contributed by atoms with Crippen LogP contribution in [-0.2, 0) is 6.54 Å². The number of halogens is 1. The Morgan fingerprint density at radius 2 is 2.28 bits per heavy atom. The summed E-state index contributed by atoms with van der Waals surface area (Å²) in [5.41, 5.74) is -0.224. The number of aliphatic hydroxyl groups is 1. The lowest BCUT2D eigenvalue weighted by atomic mass is 10.1. The van der Waals surface area contributed by atoms with E-state index in [0.29, 0.717) is 13.0 Å². The number of nitro groups is 1. The van der Waals surface area contributed by atoms with E-state index in [1.807, 2.05) is 6.92 Å². The van der Waals surface area contributed by atoms with Crippen LogP contribution in [0.4, 0.5) is 10.1 Å². The molecular formula is C12H17FN2O3. The van der Waals surface area contributed by atoms with E-state index in [2.05, 4.69) is 5.32 Å². The highest BCUT2D eigenvalue weighted by atomic mass is 19.1. The van der Waals surface area contributed by atoms with Crippen molar-refractivity contribution in [2.24, 2.45) is 5.92 Å². The van der Waals surface area contributed by atoms with Gasteiger partial charge in [0.2, 0.25) is 5.82 Å². The molecular weight excluding hydrogens is 239 g/mol. The maximum atomic E-state index is 13.7. The Morgan fingerprint density at radius 1 is 1.56 bits per heavy atom. The van der Waals surface area contributed by atoms with Gasteiger partial charge in [-0.3, -0.25) is 10.1 Å². The number of hydrogen-bond acceptors (Lipinski definition) is 4. The van der Waals surface area contributed by atoms with Crippen molar-refractivity contribution in [3.63, 3.8) is 0 Å². The molecule has 18 heavy (non-hydrogen) atoms. The Kier molecular flexibility index (Phi) is 5.67. The highest BCUT2D eigenvalue weighted by molar-refractivity contribution is 5.36. The van der Waals surface area contributed by atoms with Gasteiger partial charge in [-0.05, 0) is 18.9 Å². The Morgan fingerprint density at radius 3 is 2.89 bits per heavy atom. The molecule has 0 aliphatic carbocycles. The van der Waals surface area contributed by atoms with Crippen molar-refractivity contribution in [3.8, 4) is 0 Å². The molecule has 100 valence electrons. The zero-order chi connectivity index (χ0) is 13.5. The molecule has 0 saturated heterocycles. The van der Waals surface area contributed by atoms with Crippen LogP contribution in [0, 0.1) is 21.8 Å². The molecule has 1 aromatic carbocycles. The minimum atomic E-state index is -0.787. The predicted molar refractivity (Wildman–Crippen MR) is 65.6 cm³/mol. The number of benzene rings is 1. The molecule has 0 radical (unpaired) electrons. The van der Waals surface area contributed by atoms with Gasteiger partial charge < -0.3 is 10.4 Å². The number of nitro benzene ring substituents is 1. The van der Waals surface area contributed by atoms with E-state index >= 15 is 0 Å². The van der Waals surface area contributed by atoms with Crippen LogP contribution < -0.4 is 5.32 Å². The lowest BCUT2D eigenvalue weighted by Crippen LogP contribution is -2.22. The summed E-state index contributed by atoms with van der Waals surface area (Å²) < 4.78 is 13.7. The topological polar surface area (TPSA) is 75.4 Å². The van der Waals surface area contributed by atoms with Gasteiger partial charge in [-0.1, -0.05) is 19.1 Å². The Labute approximate surface area is 105 Å². The van der Waals surface area contributed by atoms with Crippen LogP contribution in [0.5, 0.6) is 0 Å². The summed E-state index contributed by atoms with van der Waals surface area (Å²) in [5.74, 6) is -0.512. The first-order chi connectivity index (χ1) is 8.56. The molecule has 0 bridgehead atoms. The second-order valence-corrected chi connectivity index (χ2v) is 4.26. The molecule has 1 atom stereocenters. The van der Waals surface area contributed by atoms with E-state index in [9.17, 15) is 14.5 Å². The molecule has 1 unspecified atom stereocenters. The summed E-state index contributed by atoms with van der Waals surface area (Å²) >= 11 is 0. The zero-order valence-electron chi connectivity index (χ0n) is 10.2. The van der Waals surface area contributed by atoms with Gasteiger partial charge in [0.25, 0.3) is 0 Å². The molecule has 0 saturated carbocycles. The molecule has 5 nitrogen and oxygen atoms in total. The van der Waals surface area contributed by atoms with E-state index in [0.717, 1.165) is 6.07 Å². The summed E-state index contributed by atoms with van der Waals surface area (Å²) in [6.07, 6.45) is 0.671. The van der Waals surface area contributed by atoms with Gasteiger partial charge >= 0.3 is 5.69 Å². The second-order valence-electron chi connectivity index (χ2n) is 4.26. The molecule has 0 aliphatic rings. The zero-order valence-corrected chi connectivity index (χ0v) is 10.2. The summed E-state index contributed by atoms with van der Waals surface area (Å²) in [5, 5.41) is 22.3. The Hall–Kier alpha value is -1.53. The standard InChI is InChI=1S/C12H17FN2O3/c1-9(5-6-16)7-14-8-10-3-2-4-11(12(10)13)15(17)18/h2-4,9,14,16H,5-8H2,1H3. The van der Waals surface area contributed by atoms with Crippen LogP contribution in [0.3, 0.4) is 0 Å². The third-order valence-electron chi connectivity index (χ3n) is 2.69. The fourth-order valence-corrected chi connectivity index (χ4v) is 1.62. The fourth-order valence-electron chi connectivity index (χ4n) is 1.62. The fraction of sp³-hybridized carbons (Fsp3) is 0.500. The van der Waals surface area contributed by atoms with Gasteiger partial charge in [0, 0.05) is 24.8 Å². The number of nitrogens with one attached hydrogen (secondary N) is 1. The number of rotatable bonds is 7. The minimum absolute atomic E-state index is 0.119. The molecule has 1 rings (SSSR count). The highest BCUT2D eigenvalue weighted by Crippen LogP contribution is 2.19. The summed E-state index contributed by atoms with van der Waals surface area (Å²) in [6.45, 7) is 2.95. The van der Waals surface area contributed by atoms with Gasteiger partial charge in [0.1, 0.15) is 0 Å². The SMILES string of the molecule is CC(CCO)CNCc1cccc([N+](=O)[O-])c1F. The van der Waals surface area contributed by atoms with Crippen molar-refractivity contribution in [2.75, 3.05) is 13.2 Å². The Bertz CT molecular complexity index is 412. The maximum absolute atomic E-state index is 13.7. The average molecular weight is 256 g/mol. The van der Waals surface area contributed by atoms with Crippen LogP contribution in [-0.4, -0.2) is 23.2 Å². The molecule has 6 heteroatoms. The first-order valence-electron chi connectivity index (χ1n) is 5.79. The van der Waals surface area contributed by atoms with E-state index < -0.39 is 16.4 Å². The largest absolute Gasteiger partial charge is 0.396 e. The van der Waals surface area contributed by atoms with Crippen LogP contribution in [0.2, 0.25) is 0 Å². The van der Waals surface area contributed by atoms with Crippen molar-refractivity contribution in [1.82, 2.24) is 5.32 Å². The van der Waals surface area contributed by atoms with E-state index in [-0.39, 0.29) is 24.6 Å². The van der Waals surface area contributed by atoms with Gasteiger partial charge in [-0.15, -0.1) is 0 Å². The first kappa shape index (κ1) is 14.5. The van der Waals surface area contributed by atoms with Gasteiger partial charge in [-0.2, -0.15) is 4.39 Å². The van der Waals surface area contributed by atoms with Crippen LogP contribution in [0.15, 0.2) is 18.2 Å². The van der Waals surface area contributed by atoms with Crippen molar-refractivity contribution in [3.05, 3.63) is 39.7 Å².